The molecule has 5 nitrogen and oxygen atoms in total. The first-order valence-electron chi connectivity index (χ1n) is 4.33. The molecule has 1 saturated heterocycles. The van der Waals surface area contributed by atoms with Gasteiger partial charge in [-0.25, -0.2) is 4.79 Å². The van der Waals surface area contributed by atoms with Crippen LogP contribution in [0.4, 0.5) is 0 Å². The largest absolute Gasteiger partial charge is 0.477 e. The topological polar surface area (TPSA) is 82.2 Å². The highest BCUT2D eigenvalue weighted by molar-refractivity contribution is 5.86. The first-order valence-corrected chi connectivity index (χ1v) is 4.33. The Labute approximate surface area is 80.8 Å². The molecule has 5 heteroatoms. The van der Waals surface area contributed by atoms with E-state index in [4.69, 9.17) is 5.11 Å². The van der Waals surface area contributed by atoms with Crippen molar-refractivity contribution in [1.29, 1.82) is 0 Å². The van der Waals surface area contributed by atoms with Crippen molar-refractivity contribution in [3.63, 3.8) is 0 Å². The molecule has 0 spiro atoms. The Morgan fingerprint density at radius 2 is 2.00 bits per heavy atom. The number of rotatable bonds is 1. The van der Waals surface area contributed by atoms with Crippen LogP contribution in [0.5, 0.6) is 0 Å². The summed E-state index contributed by atoms with van der Waals surface area (Å²) >= 11 is 0. The number of nitrogens with one attached hydrogen (secondary N) is 2. The normalized spacial score (nSPS) is 13.4. The molecule has 14 heavy (non-hydrogen) atoms. The zero-order chi connectivity index (χ0) is 10.4. The van der Waals surface area contributed by atoms with Gasteiger partial charge >= 0.3 is 5.97 Å². The Hall–Kier alpha value is -1.62. The first-order chi connectivity index (χ1) is 6.72. The molecule has 76 valence electrons. The lowest BCUT2D eigenvalue weighted by atomic mass is 10.3. The van der Waals surface area contributed by atoms with Crippen LogP contribution in [-0.2, 0) is 0 Å². The molecule has 1 aromatic heterocycles. The number of aromatic nitrogens is 1. The lowest BCUT2D eigenvalue weighted by Crippen LogP contribution is -2.29. The Balaban J connectivity index is 0.000000203. The van der Waals surface area contributed by atoms with Crippen LogP contribution in [0.1, 0.15) is 16.8 Å². The van der Waals surface area contributed by atoms with E-state index in [0.717, 1.165) is 0 Å². The molecule has 1 aliphatic rings. The molecule has 0 aliphatic carbocycles. The van der Waals surface area contributed by atoms with Gasteiger partial charge in [0.05, 0.1) is 0 Å². The third-order valence-corrected chi connectivity index (χ3v) is 1.76. The number of carbonyl (C=O) groups is 1. The summed E-state index contributed by atoms with van der Waals surface area (Å²) in [4.78, 5) is 23.1. The highest BCUT2D eigenvalue weighted by Crippen LogP contribution is 1.86. The maximum atomic E-state index is 10.6. The second-order valence-corrected chi connectivity index (χ2v) is 2.82. The number of aromatic amines is 1. The zero-order valence-electron chi connectivity index (χ0n) is 7.62. The van der Waals surface area contributed by atoms with Gasteiger partial charge in [-0.1, -0.05) is 0 Å². The van der Waals surface area contributed by atoms with E-state index < -0.39 is 11.5 Å². The van der Waals surface area contributed by atoms with E-state index in [-0.39, 0.29) is 5.56 Å². The van der Waals surface area contributed by atoms with Crippen molar-refractivity contribution in [2.24, 2.45) is 0 Å². The van der Waals surface area contributed by atoms with Crippen LogP contribution < -0.4 is 10.9 Å². The van der Waals surface area contributed by atoms with Crippen molar-refractivity contribution in [3.8, 4) is 0 Å². The van der Waals surface area contributed by atoms with Crippen LogP contribution in [-0.4, -0.2) is 29.1 Å². The Morgan fingerprint density at radius 3 is 2.29 bits per heavy atom. The monoisotopic (exact) mass is 196 g/mol. The summed E-state index contributed by atoms with van der Waals surface area (Å²) in [5.41, 5.74) is -0.808. The average molecular weight is 196 g/mol. The van der Waals surface area contributed by atoms with Crippen molar-refractivity contribution in [2.75, 3.05) is 13.1 Å². The number of carboxylic acids is 1. The summed E-state index contributed by atoms with van der Waals surface area (Å²) in [6, 6.07) is 2.71. The minimum Gasteiger partial charge on any atom is -0.477 e. The SMILES string of the molecule is C1CNC1.O=C(O)c1ccc[nH]c1=O. The van der Waals surface area contributed by atoms with Crippen molar-refractivity contribution in [2.45, 2.75) is 6.42 Å². The van der Waals surface area contributed by atoms with Gasteiger partial charge in [-0.05, 0) is 31.6 Å². The number of hydrogen-bond donors (Lipinski definition) is 3. The number of carboxylic acid groups (broad SMARTS) is 1. The fraction of sp³-hybridized carbons (Fsp3) is 0.333. The van der Waals surface area contributed by atoms with Crippen LogP contribution >= 0.6 is 0 Å². The van der Waals surface area contributed by atoms with E-state index >= 15 is 0 Å². The Bertz CT molecular complexity index is 351. The quantitative estimate of drug-likeness (QED) is 0.593. The second kappa shape index (κ2) is 5.18. The number of pyridine rings is 1. The van der Waals surface area contributed by atoms with Crippen molar-refractivity contribution >= 4 is 5.97 Å². The molecule has 3 N–H and O–H groups in total. The lowest BCUT2D eigenvalue weighted by Gasteiger charge is -2.09. The van der Waals surface area contributed by atoms with E-state index in [9.17, 15) is 9.59 Å². The van der Waals surface area contributed by atoms with Gasteiger partial charge in [0, 0.05) is 6.20 Å². The Kier molecular flexibility index (Phi) is 3.87. The molecule has 1 aliphatic heterocycles. The van der Waals surface area contributed by atoms with Crippen LogP contribution in [0.3, 0.4) is 0 Å². The summed E-state index contributed by atoms with van der Waals surface area (Å²) in [5.74, 6) is -1.21. The number of H-pyrrole nitrogens is 1. The molecule has 0 radical (unpaired) electrons. The summed E-state index contributed by atoms with van der Waals surface area (Å²) in [5, 5.41) is 11.5. The van der Waals surface area contributed by atoms with E-state index in [1.165, 1.54) is 37.8 Å². The number of aromatic carboxylic acids is 1. The lowest BCUT2D eigenvalue weighted by molar-refractivity contribution is 0.0695. The maximum Gasteiger partial charge on any atom is 0.341 e. The molecule has 0 unspecified atom stereocenters. The molecule has 2 rings (SSSR count). The van der Waals surface area contributed by atoms with E-state index in [1.807, 2.05) is 0 Å². The molecule has 2 heterocycles. The molecular formula is C9H12N2O3. The fourth-order valence-corrected chi connectivity index (χ4v) is 0.767. The van der Waals surface area contributed by atoms with Crippen LogP contribution in [0.15, 0.2) is 23.1 Å². The Morgan fingerprint density at radius 1 is 1.43 bits per heavy atom. The van der Waals surface area contributed by atoms with Gasteiger partial charge in [0.2, 0.25) is 0 Å². The van der Waals surface area contributed by atoms with E-state index in [0.29, 0.717) is 0 Å². The predicted octanol–water partition coefficient (Wildman–Crippen LogP) is 0.0528. The molecule has 0 bridgehead atoms. The minimum absolute atomic E-state index is 0.234. The van der Waals surface area contributed by atoms with Crippen molar-refractivity contribution in [1.82, 2.24) is 10.3 Å². The van der Waals surface area contributed by atoms with Gasteiger partial charge in [-0.3, -0.25) is 4.79 Å². The molecule has 0 atom stereocenters. The fourth-order valence-electron chi connectivity index (χ4n) is 0.767. The zero-order valence-corrected chi connectivity index (χ0v) is 7.62. The maximum absolute atomic E-state index is 10.6. The predicted molar refractivity (Wildman–Crippen MR) is 51.5 cm³/mol. The highest BCUT2D eigenvalue weighted by atomic mass is 16.4. The molecule has 0 amide bonds. The minimum atomic E-state index is -1.21. The summed E-state index contributed by atoms with van der Waals surface area (Å²) in [7, 11) is 0. The van der Waals surface area contributed by atoms with Gasteiger partial charge in [0.25, 0.3) is 5.56 Å². The first kappa shape index (κ1) is 10.5. The second-order valence-electron chi connectivity index (χ2n) is 2.82. The van der Waals surface area contributed by atoms with Gasteiger partial charge in [-0.2, -0.15) is 0 Å². The number of hydrogen-bond acceptors (Lipinski definition) is 3. The van der Waals surface area contributed by atoms with Crippen LogP contribution in [0.25, 0.3) is 0 Å². The average Bonchev–Trinajstić information content (AvgIpc) is 2.01. The van der Waals surface area contributed by atoms with Crippen LogP contribution in [0.2, 0.25) is 0 Å². The summed E-state index contributed by atoms with van der Waals surface area (Å²) in [6.07, 6.45) is 2.77. The van der Waals surface area contributed by atoms with E-state index in [1.54, 1.807) is 0 Å². The van der Waals surface area contributed by atoms with Gasteiger partial charge in [-0.15, -0.1) is 0 Å². The molecule has 1 aromatic rings. The molecule has 0 saturated carbocycles. The van der Waals surface area contributed by atoms with Crippen molar-refractivity contribution < 1.29 is 9.90 Å². The molecular weight excluding hydrogens is 184 g/mol. The molecule has 1 fully saturated rings. The third-order valence-electron chi connectivity index (χ3n) is 1.76. The highest BCUT2D eigenvalue weighted by Gasteiger charge is 2.04. The van der Waals surface area contributed by atoms with Gasteiger partial charge in [0.15, 0.2) is 0 Å². The standard InChI is InChI=1S/C6H5NO3.C3H7N/c8-5-4(6(9)10)2-1-3-7-5;1-2-4-3-1/h1-3H,(H,7,8)(H,9,10);4H,1-3H2. The summed E-state index contributed by atoms with van der Waals surface area (Å²) in [6.45, 7) is 2.50. The van der Waals surface area contributed by atoms with E-state index in [2.05, 4.69) is 10.3 Å². The third kappa shape index (κ3) is 3.02. The van der Waals surface area contributed by atoms with Crippen LogP contribution in [0, 0.1) is 0 Å². The summed E-state index contributed by atoms with van der Waals surface area (Å²) < 4.78 is 0. The smallest absolute Gasteiger partial charge is 0.341 e. The van der Waals surface area contributed by atoms with Gasteiger partial charge < -0.3 is 15.4 Å². The van der Waals surface area contributed by atoms with Crippen molar-refractivity contribution in [3.05, 3.63) is 34.2 Å². The molecule has 0 aromatic carbocycles. The van der Waals surface area contributed by atoms with Gasteiger partial charge in [0.1, 0.15) is 5.56 Å².